The highest BCUT2D eigenvalue weighted by molar-refractivity contribution is 5.97. The molecule has 1 atom stereocenters. The van der Waals surface area contributed by atoms with Gasteiger partial charge >= 0.3 is 0 Å². The molecule has 4 heteroatoms. The van der Waals surface area contributed by atoms with Gasteiger partial charge < -0.3 is 16.5 Å². The summed E-state index contributed by atoms with van der Waals surface area (Å²) in [7, 11) is 0. The molecule has 4 N–H and O–H groups in total. The number of nitrogens with two attached hydrogens (primary N) is 1. The lowest BCUT2D eigenvalue weighted by atomic mass is 9.96. The first-order chi connectivity index (χ1) is 13.5. The summed E-state index contributed by atoms with van der Waals surface area (Å²) in [6.45, 7) is 15.2. The minimum Gasteiger partial charge on any atom is -0.381 e. The van der Waals surface area contributed by atoms with Crippen LogP contribution < -0.4 is 11.1 Å². The van der Waals surface area contributed by atoms with E-state index in [0.29, 0.717) is 12.3 Å². The zero-order valence-corrected chi connectivity index (χ0v) is 18.5. The summed E-state index contributed by atoms with van der Waals surface area (Å²) in [6, 6.07) is -0.0793. The van der Waals surface area contributed by atoms with Crippen molar-refractivity contribution in [3.05, 3.63) is 58.9 Å². The van der Waals surface area contributed by atoms with Gasteiger partial charge in [0.25, 0.3) is 0 Å². The Morgan fingerprint density at radius 1 is 1.14 bits per heavy atom. The summed E-state index contributed by atoms with van der Waals surface area (Å²) in [5, 5.41) is 11.8. The van der Waals surface area contributed by atoms with Crippen molar-refractivity contribution in [3.63, 3.8) is 0 Å². The summed E-state index contributed by atoms with van der Waals surface area (Å²) >= 11 is 0. The molecular formula is C24H40N4. The number of unbranched alkanes of at least 4 members (excludes halogenated alkanes) is 1. The van der Waals surface area contributed by atoms with Crippen LogP contribution in [0.1, 0.15) is 60.3 Å². The van der Waals surface area contributed by atoms with Crippen LogP contribution in [-0.4, -0.2) is 31.6 Å². The van der Waals surface area contributed by atoms with Gasteiger partial charge in [0.1, 0.15) is 0 Å². The van der Waals surface area contributed by atoms with E-state index in [0.717, 1.165) is 49.1 Å². The van der Waals surface area contributed by atoms with Crippen LogP contribution in [-0.2, 0) is 0 Å². The van der Waals surface area contributed by atoms with Gasteiger partial charge in [-0.15, -0.1) is 0 Å². The molecule has 0 rings (SSSR count). The standard InChI is InChI=1S/C24H40N4/c1-7-10-11-12-15-21(8-2)18-28-24(22(9-3)19(4)26)23(20(5)27-6)16-13-14-17-25/h11-16,20,26,28H,6-10,17-18,25H2,1-5H3/b12-11-,14-13-,21-15-,23-16+,24-22-,26-19?. The second-order valence-electron chi connectivity index (χ2n) is 6.73. The van der Waals surface area contributed by atoms with E-state index in [1.165, 1.54) is 5.57 Å². The number of hydrogen-bond donors (Lipinski definition) is 3. The van der Waals surface area contributed by atoms with E-state index in [1.807, 2.05) is 32.1 Å². The minimum atomic E-state index is -0.0793. The number of hydrogen-bond acceptors (Lipinski definition) is 4. The molecule has 1 unspecified atom stereocenters. The Bertz CT molecular complexity index is 633. The highest BCUT2D eigenvalue weighted by Gasteiger charge is 2.17. The molecule has 0 aromatic rings. The first-order valence-corrected chi connectivity index (χ1v) is 10.4. The Kier molecular flexibility index (Phi) is 14.6. The van der Waals surface area contributed by atoms with Gasteiger partial charge in [-0.25, -0.2) is 0 Å². The van der Waals surface area contributed by atoms with Crippen molar-refractivity contribution in [2.45, 2.75) is 66.3 Å². The molecule has 0 aliphatic rings. The molecule has 0 amide bonds. The lowest BCUT2D eigenvalue weighted by Gasteiger charge is -2.22. The molecule has 0 aromatic carbocycles. The number of nitrogens with zero attached hydrogens (tertiary/aromatic N) is 1. The number of allylic oxidation sites excluding steroid dienone is 6. The maximum Gasteiger partial charge on any atom is 0.0733 e. The third-order valence-electron chi connectivity index (χ3n) is 4.54. The number of rotatable bonds is 14. The molecular weight excluding hydrogens is 344 g/mol. The fraction of sp³-hybridized carbons (Fsp3) is 0.500. The number of nitrogens with one attached hydrogen (secondary N) is 2. The van der Waals surface area contributed by atoms with Crippen molar-refractivity contribution in [2.75, 3.05) is 13.1 Å². The van der Waals surface area contributed by atoms with Crippen molar-refractivity contribution in [1.82, 2.24) is 5.32 Å². The zero-order chi connectivity index (χ0) is 21.4. The van der Waals surface area contributed by atoms with E-state index in [-0.39, 0.29) is 6.04 Å². The molecule has 0 aliphatic carbocycles. The summed E-state index contributed by atoms with van der Waals surface area (Å²) in [4.78, 5) is 4.23. The Morgan fingerprint density at radius 3 is 2.32 bits per heavy atom. The SMILES string of the molecule is C=NC(C)C(=C\C=C/CN)/C(NC/C(=C\C=C/CCC)CC)=C(\CC)C(C)=N. The monoisotopic (exact) mass is 384 g/mol. The summed E-state index contributed by atoms with van der Waals surface area (Å²) in [5.74, 6) is 0. The Morgan fingerprint density at radius 2 is 1.82 bits per heavy atom. The van der Waals surface area contributed by atoms with Crippen LogP contribution >= 0.6 is 0 Å². The molecule has 0 fully saturated rings. The normalized spacial score (nSPS) is 15.1. The first kappa shape index (κ1) is 25.8. The minimum absolute atomic E-state index is 0.0793. The van der Waals surface area contributed by atoms with Gasteiger partial charge in [0, 0.05) is 24.5 Å². The van der Waals surface area contributed by atoms with Crippen LogP contribution in [0.5, 0.6) is 0 Å². The maximum absolute atomic E-state index is 8.24. The molecule has 0 aromatic heterocycles. The van der Waals surface area contributed by atoms with Crippen LogP contribution in [0.4, 0.5) is 0 Å². The van der Waals surface area contributed by atoms with Crippen LogP contribution in [0.15, 0.2) is 63.9 Å². The first-order valence-electron chi connectivity index (χ1n) is 10.4. The van der Waals surface area contributed by atoms with Gasteiger partial charge in [0.15, 0.2) is 0 Å². The molecule has 0 radical (unpaired) electrons. The largest absolute Gasteiger partial charge is 0.381 e. The zero-order valence-electron chi connectivity index (χ0n) is 18.5. The number of aliphatic imine (C=N–C) groups is 1. The van der Waals surface area contributed by atoms with Crippen molar-refractivity contribution < 1.29 is 0 Å². The van der Waals surface area contributed by atoms with Gasteiger partial charge in [-0.2, -0.15) is 0 Å². The molecule has 0 saturated carbocycles. The van der Waals surface area contributed by atoms with E-state index >= 15 is 0 Å². The lowest BCUT2D eigenvalue weighted by molar-refractivity contribution is 0.781. The predicted octanol–water partition coefficient (Wildman–Crippen LogP) is 5.50. The Labute approximate surface area is 172 Å². The average molecular weight is 385 g/mol. The van der Waals surface area contributed by atoms with Gasteiger partial charge in [0.2, 0.25) is 0 Å². The third-order valence-corrected chi connectivity index (χ3v) is 4.54. The summed E-state index contributed by atoms with van der Waals surface area (Å²) in [5.41, 5.74) is 10.5. The third kappa shape index (κ3) is 9.65. The summed E-state index contributed by atoms with van der Waals surface area (Å²) in [6.07, 6.45) is 16.4. The topological polar surface area (TPSA) is 74.3 Å². The molecule has 0 bridgehead atoms. The Balaban J connectivity index is 5.94. The molecule has 0 heterocycles. The van der Waals surface area contributed by atoms with Crippen LogP contribution in [0.25, 0.3) is 0 Å². The second-order valence-corrected chi connectivity index (χ2v) is 6.73. The summed E-state index contributed by atoms with van der Waals surface area (Å²) < 4.78 is 0. The van der Waals surface area contributed by atoms with Gasteiger partial charge in [-0.3, -0.25) is 4.99 Å². The van der Waals surface area contributed by atoms with Crippen molar-refractivity contribution in [2.24, 2.45) is 10.7 Å². The van der Waals surface area contributed by atoms with Crippen molar-refractivity contribution in [1.29, 1.82) is 5.41 Å². The predicted molar refractivity (Wildman–Crippen MR) is 126 cm³/mol. The van der Waals surface area contributed by atoms with E-state index < -0.39 is 0 Å². The average Bonchev–Trinajstić information content (AvgIpc) is 2.69. The van der Waals surface area contributed by atoms with Gasteiger partial charge in [-0.05, 0) is 51.0 Å². The van der Waals surface area contributed by atoms with Crippen LogP contribution in [0, 0.1) is 5.41 Å². The van der Waals surface area contributed by atoms with Crippen LogP contribution in [0.2, 0.25) is 0 Å². The highest BCUT2D eigenvalue weighted by Crippen LogP contribution is 2.22. The molecule has 0 saturated heterocycles. The smallest absolute Gasteiger partial charge is 0.0733 e. The van der Waals surface area contributed by atoms with E-state index in [1.54, 1.807) is 0 Å². The highest BCUT2D eigenvalue weighted by atomic mass is 14.9. The molecule has 0 aliphatic heterocycles. The fourth-order valence-corrected chi connectivity index (χ4v) is 2.76. The fourth-order valence-electron chi connectivity index (χ4n) is 2.76. The van der Waals surface area contributed by atoms with Crippen LogP contribution in [0.3, 0.4) is 0 Å². The van der Waals surface area contributed by atoms with Gasteiger partial charge in [-0.1, -0.05) is 69.2 Å². The maximum atomic E-state index is 8.24. The second kappa shape index (κ2) is 15.8. The molecule has 0 spiro atoms. The van der Waals surface area contributed by atoms with E-state index in [9.17, 15) is 0 Å². The molecule has 156 valence electrons. The van der Waals surface area contributed by atoms with Crippen molar-refractivity contribution >= 4 is 12.4 Å². The lowest BCUT2D eigenvalue weighted by Crippen LogP contribution is -2.25. The van der Waals surface area contributed by atoms with E-state index in [4.69, 9.17) is 11.1 Å². The molecule has 28 heavy (non-hydrogen) atoms. The molecule has 4 nitrogen and oxygen atoms in total. The van der Waals surface area contributed by atoms with E-state index in [2.05, 4.69) is 56.0 Å². The van der Waals surface area contributed by atoms with Crippen molar-refractivity contribution in [3.8, 4) is 0 Å². The van der Waals surface area contributed by atoms with Gasteiger partial charge in [0.05, 0.1) is 6.04 Å². The quantitative estimate of drug-likeness (QED) is 0.273. The Hall–Kier alpha value is -2.20.